The molecule has 7 nitrogen and oxygen atoms in total. The summed E-state index contributed by atoms with van der Waals surface area (Å²) < 4.78 is 36.0. The number of halogens is 1. The second-order valence-corrected chi connectivity index (χ2v) is 7.88. The number of nitrogens with one attached hydrogen (secondary N) is 2. The van der Waals surface area contributed by atoms with E-state index in [4.69, 9.17) is 0 Å². The van der Waals surface area contributed by atoms with Crippen molar-refractivity contribution in [2.75, 3.05) is 31.1 Å². The highest BCUT2D eigenvalue weighted by molar-refractivity contribution is 7.91. The number of urea groups is 1. The molecule has 1 aromatic rings. The predicted octanol–water partition coefficient (Wildman–Crippen LogP) is 0.443. The molecular weight excluding hydrogens is 337 g/mol. The van der Waals surface area contributed by atoms with Gasteiger partial charge < -0.3 is 15.5 Å². The fraction of sp³-hybridized carbons (Fsp3) is 0.467. The average molecular weight is 357 g/mol. The van der Waals surface area contributed by atoms with Gasteiger partial charge in [0, 0.05) is 25.4 Å². The Labute approximate surface area is 140 Å². The lowest BCUT2D eigenvalue weighted by Gasteiger charge is -2.35. The van der Waals surface area contributed by atoms with Gasteiger partial charge in [-0.25, -0.2) is 17.6 Å². The van der Waals surface area contributed by atoms with Crippen LogP contribution in [0.5, 0.6) is 0 Å². The van der Waals surface area contributed by atoms with E-state index in [0.717, 1.165) is 0 Å². The van der Waals surface area contributed by atoms with Crippen LogP contribution in [0.15, 0.2) is 24.3 Å². The van der Waals surface area contributed by atoms with Gasteiger partial charge in [0.15, 0.2) is 9.84 Å². The molecule has 24 heavy (non-hydrogen) atoms. The first kappa shape index (κ1) is 18.2. The minimum absolute atomic E-state index is 0.00714. The summed E-state index contributed by atoms with van der Waals surface area (Å²) in [6.07, 6.45) is 0. The average Bonchev–Trinajstić information content (AvgIpc) is 2.55. The standard InChI is InChI=1S/C15H20FN3O4S/c1-2-24(22,23)10-8-18-15(21)19-9-7-17-14(20)13(19)11-3-5-12(16)6-4-11/h3-6,13H,2,7-10H2,1H3,(H,17,20)(H,18,21)/t13-/m0/s1. The SMILES string of the molecule is CCS(=O)(=O)CCNC(=O)N1CCNC(=O)[C@@H]1c1ccc(F)cc1. The molecule has 1 aromatic carbocycles. The topological polar surface area (TPSA) is 95.6 Å². The van der Waals surface area contributed by atoms with Crippen molar-refractivity contribution in [3.63, 3.8) is 0 Å². The summed E-state index contributed by atoms with van der Waals surface area (Å²) in [4.78, 5) is 25.8. The van der Waals surface area contributed by atoms with E-state index in [-0.39, 0.29) is 30.5 Å². The first-order chi connectivity index (χ1) is 11.3. The maximum atomic E-state index is 13.1. The number of benzene rings is 1. The van der Waals surface area contributed by atoms with E-state index < -0.39 is 27.7 Å². The van der Waals surface area contributed by atoms with Crippen LogP contribution >= 0.6 is 0 Å². The third kappa shape index (κ3) is 4.44. The summed E-state index contributed by atoms with van der Waals surface area (Å²) in [5.41, 5.74) is 0.491. The van der Waals surface area contributed by atoms with Crippen LogP contribution in [0.25, 0.3) is 0 Å². The molecule has 1 aliphatic heterocycles. The molecule has 1 atom stereocenters. The van der Waals surface area contributed by atoms with E-state index >= 15 is 0 Å². The quantitative estimate of drug-likeness (QED) is 0.799. The number of nitrogens with zero attached hydrogens (tertiary/aromatic N) is 1. The van der Waals surface area contributed by atoms with Gasteiger partial charge in [-0.1, -0.05) is 19.1 Å². The smallest absolute Gasteiger partial charge is 0.318 e. The monoisotopic (exact) mass is 357 g/mol. The molecule has 0 spiro atoms. The number of hydrogen-bond acceptors (Lipinski definition) is 4. The molecule has 0 aliphatic carbocycles. The van der Waals surface area contributed by atoms with E-state index in [1.807, 2.05) is 0 Å². The second-order valence-electron chi connectivity index (χ2n) is 5.41. The third-order valence-electron chi connectivity index (χ3n) is 3.79. The molecule has 2 rings (SSSR count). The Kier molecular flexibility index (Phi) is 5.76. The molecule has 0 saturated carbocycles. The van der Waals surface area contributed by atoms with E-state index in [9.17, 15) is 22.4 Å². The largest absolute Gasteiger partial charge is 0.352 e. The Balaban J connectivity index is 2.09. The molecule has 0 radical (unpaired) electrons. The van der Waals surface area contributed by atoms with E-state index in [1.54, 1.807) is 0 Å². The van der Waals surface area contributed by atoms with Gasteiger partial charge in [-0.3, -0.25) is 4.79 Å². The summed E-state index contributed by atoms with van der Waals surface area (Å²) in [5.74, 6) is -0.941. The molecule has 1 fully saturated rings. The molecule has 1 saturated heterocycles. The minimum Gasteiger partial charge on any atom is -0.352 e. The Bertz CT molecular complexity index is 706. The first-order valence-electron chi connectivity index (χ1n) is 7.62. The number of rotatable bonds is 5. The van der Waals surface area contributed by atoms with Crippen molar-refractivity contribution in [3.8, 4) is 0 Å². The number of hydrogen-bond donors (Lipinski definition) is 2. The van der Waals surface area contributed by atoms with Crippen LogP contribution in [-0.4, -0.2) is 56.4 Å². The predicted molar refractivity (Wildman–Crippen MR) is 86.6 cm³/mol. The van der Waals surface area contributed by atoms with Gasteiger partial charge in [0.25, 0.3) is 0 Å². The van der Waals surface area contributed by atoms with E-state index in [2.05, 4.69) is 10.6 Å². The summed E-state index contributed by atoms with van der Waals surface area (Å²) in [6.45, 7) is 2.09. The van der Waals surface area contributed by atoms with Gasteiger partial charge in [0.05, 0.1) is 5.75 Å². The number of carbonyl (C=O) groups excluding carboxylic acids is 2. The summed E-state index contributed by atoms with van der Waals surface area (Å²) in [7, 11) is -3.18. The lowest BCUT2D eigenvalue weighted by Crippen LogP contribution is -2.55. The molecule has 2 N–H and O–H groups in total. The highest BCUT2D eigenvalue weighted by atomic mass is 32.2. The van der Waals surface area contributed by atoms with E-state index in [0.29, 0.717) is 12.1 Å². The van der Waals surface area contributed by atoms with Crippen molar-refractivity contribution in [3.05, 3.63) is 35.6 Å². The van der Waals surface area contributed by atoms with E-state index in [1.165, 1.54) is 36.1 Å². The Morgan fingerprint density at radius 2 is 2.04 bits per heavy atom. The van der Waals surface area contributed by atoms with Gasteiger partial charge in [-0.05, 0) is 17.7 Å². The third-order valence-corrected chi connectivity index (χ3v) is 5.49. The molecular formula is C15H20FN3O4S. The normalized spacial score (nSPS) is 18.2. The van der Waals surface area contributed by atoms with Crippen LogP contribution in [0.1, 0.15) is 18.5 Å². The number of sulfone groups is 1. The maximum absolute atomic E-state index is 13.1. The zero-order valence-corrected chi connectivity index (χ0v) is 14.1. The zero-order valence-electron chi connectivity index (χ0n) is 13.3. The maximum Gasteiger partial charge on any atom is 0.318 e. The van der Waals surface area contributed by atoms with Crippen molar-refractivity contribution in [1.29, 1.82) is 0 Å². The Morgan fingerprint density at radius 3 is 2.67 bits per heavy atom. The molecule has 1 aliphatic rings. The van der Waals surface area contributed by atoms with Crippen molar-refractivity contribution in [2.45, 2.75) is 13.0 Å². The van der Waals surface area contributed by atoms with Crippen molar-refractivity contribution in [1.82, 2.24) is 15.5 Å². The number of piperazine rings is 1. The lowest BCUT2D eigenvalue weighted by molar-refractivity contribution is -0.127. The minimum atomic E-state index is -3.18. The van der Waals surface area contributed by atoms with Crippen LogP contribution in [-0.2, 0) is 14.6 Å². The van der Waals surface area contributed by atoms with Crippen LogP contribution in [0.2, 0.25) is 0 Å². The zero-order chi connectivity index (χ0) is 17.7. The van der Waals surface area contributed by atoms with Gasteiger partial charge in [-0.15, -0.1) is 0 Å². The van der Waals surface area contributed by atoms with Crippen LogP contribution in [0.3, 0.4) is 0 Å². The fourth-order valence-electron chi connectivity index (χ4n) is 2.42. The summed E-state index contributed by atoms with van der Waals surface area (Å²) in [5, 5.41) is 5.20. The first-order valence-corrected chi connectivity index (χ1v) is 9.44. The Hall–Kier alpha value is -2.16. The molecule has 1 heterocycles. The molecule has 3 amide bonds. The van der Waals surface area contributed by atoms with Crippen LogP contribution in [0, 0.1) is 5.82 Å². The molecule has 0 unspecified atom stereocenters. The molecule has 0 aromatic heterocycles. The summed E-state index contributed by atoms with van der Waals surface area (Å²) >= 11 is 0. The number of carbonyl (C=O) groups is 2. The van der Waals surface area contributed by atoms with Gasteiger partial charge in [-0.2, -0.15) is 0 Å². The molecule has 9 heteroatoms. The Morgan fingerprint density at radius 1 is 1.38 bits per heavy atom. The van der Waals surface area contributed by atoms with Gasteiger partial charge in [0.1, 0.15) is 11.9 Å². The molecule has 0 bridgehead atoms. The summed E-state index contributed by atoms with van der Waals surface area (Å²) in [6, 6.07) is 3.95. The van der Waals surface area contributed by atoms with Crippen molar-refractivity contribution in [2.24, 2.45) is 0 Å². The fourth-order valence-corrected chi connectivity index (χ4v) is 3.12. The van der Waals surface area contributed by atoms with Crippen molar-refractivity contribution < 1.29 is 22.4 Å². The highest BCUT2D eigenvalue weighted by Gasteiger charge is 2.34. The van der Waals surface area contributed by atoms with Crippen molar-refractivity contribution >= 4 is 21.8 Å². The van der Waals surface area contributed by atoms with Gasteiger partial charge in [0.2, 0.25) is 5.91 Å². The number of amides is 3. The molecule has 132 valence electrons. The van der Waals surface area contributed by atoms with Crippen LogP contribution < -0.4 is 10.6 Å². The lowest BCUT2D eigenvalue weighted by atomic mass is 10.0. The van der Waals surface area contributed by atoms with Gasteiger partial charge >= 0.3 is 6.03 Å². The van der Waals surface area contributed by atoms with Crippen LogP contribution in [0.4, 0.5) is 9.18 Å². The highest BCUT2D eigenvalue weighted by Crippen LogP contribution is 2.23. The second kappa shape index (κ2) is 7.61.